The van der Waals surface area contributed by atoms with Gasteiger partial charge in [-0.1, -0.05) is 0 Å². The SMILES string of the molecule is O=S(=O)(O)c1ccc2c(O)cc(S(=O)(=O)O)cc2c1.[NaH]. The first-order chi connectivity index (χ1) is 8.59. The summed E-state index contributed by atoms with van der Waals surface area (Å²) in [4.78, 5) is -1.03. The van der Waals surface area contributed by atoms with Crippen LogP contribution < -0.4 is 0 Å². The van der Waals surface area contributed by atoms with Crippen LogP contribution in [0.15, 0.2) is 40.1 Å². The van der Waals surface area contributed by atoms with Gasteiger partial charge in [-0.15, -0.1) is 0 Å². The first-order valence-corrected chi connectivity index (χ1v) is 7.69. The third kappa shape index (κ3) is 3.50. The average molecular weight is 328 g/mol. The van der Waals surface area contributed by atoms with E-state index < -0.39 is 35.8 Å². The van der Waals surface area contributed by atoms with Crippen molar-refractivity contribution in [3.63, 3.8) is 0 Å². The van der Waals surface area contributed by atoms with E-state index >= 15 is 0 Å². The molecule has 3 N–H and O–H groups in total. The van der Waals surface area contributed by atoms with Crippen molar-refractivity contribution in [2.45, 2.75) is 9.79 Å². The van der Waals surface area contributed by atoms with Crippen molar-refractivity contribution in [2.75, 3.05) is 0 Å². The van der Waals surface area contributed by atoms with Crippen LogP contribution in [0.5, 0.6) is 5.75 Å². The van der Waals surface area contributed by atoms with Crippen LogP contribution in [0.25, 0.3) is 10.8 Å². The van der Waals surface area contributed by atoms with Crippen molar-refractivity contribution in [3.05, 3.63) is 30.3 Å². The van der Waals surface area contributed by atoms with Crippen molar-refractivity contribution >= 4 is 60.6 Å². The molecule has 7 nitrogen and oxygen atoms in total. The van der Waals surface area contributed by atoms with Gasteiger partial charge in [0, 0.05) is 11.5 Å². The van der Waals surface area contributed by atoms with Gasteiger partial charge in [0.15, 0.2) is 0 Å². The Balaban J connectivity index is 0.00000200. The number of rotatable bonds is 2. The molecule has 20 heavy (non-hydrogen) atoms. The third-order valence-electron chi connectivity index (χ3n) is 2.47. The van der Waals surface area contributed by atoms with E-state index in [1.54, 1.807) is 0 Å². The second-order valence-corrected chi connectivity index (χ2v) is 6.62. The van der Waals surface area contributed by atoms with E-state index in [0.717, 1.165) is 24.3 Å². The fraction of sp³-hybridized carbons (Fsp3) is 0. The monoisotopic (exact) mass is 328 g/mol. The molecule has 0 heterocycles. The molecule has 10 heteroatoms. The minimum absolute atomic E-state index is 0. The van der Waals surface area contributed by atoms with E-state index in [-0.39, 0.29) is 40.3 Å². The summed E-state index contributed by atoms with van der Waals surface area (Å²) in [6.45, 7) is 0. The van der Waals surface area contributed by atoms with Crippen molar-refractivity contribution in [1.82, 2.24) is 0 Å². The van der Waals surface area contributed by atoms with E-state index in [0.29, 0.717) is 0 Å². The molecule has 104 valence electrons. The van der Waals surface area contributed by atoms with Crippen LogP contribution in [0, 0.1) is 0 Å². The van der Waals surface area contributed by atoms with Gasteiger partial charge in [0.1, 0.15) is 5.75 Å². The van der Waals surface area contributed by atoms with Crippen molar-refractivity contribution < 1.29 is 31.0 Å². The number of fused-ring (bicyclic) bond motifs is 1. The summed E-state index contributed by atoms with van der Waals surface area (Å²) in [5, 5.41) is 9.85. The molecule has 0 spiro atoms. The molecular formula is C10H9NaO7S2. The molecule has 0 saturated heterocycles. The van der Waals surface area contributed by atoms with Gasteiger partial charge < -0.3 is 5.11 Å². The number of benzene rings is 2. The third-order valence-corrected chi connectivity index (χ3v) is 4.15. The Hall–Kier alpha value is -0.680. The zero-order chi connectivity index (χ0) is 14.4. The molecule has 0 aliphatic rings. The van der Waals surface area contributed by atoms with Crippen LogP contribution in [0.4, 0.5) is 0 Å². The molecule has 2 aromatic carbocycles. The zero-order valence-corrected chi connectivity index (χ0v) is 10.8. The van der Waals surface area contributed by atoms with Crippen LogP contribution >= 0.6 is 0 Å². The van der Waals surface area contributed by atoms with Gasteiger partial charge in [0.2, 0.25) is 0 Å². The molecule has 0 saturated carbocycles. The predicted molar refractivity (Wildman–Crippen MR) is 72.4 cm³/mol. The van der Waals surface area contributed by atoms with E-state index in [2.05, 4.69) is 0 Å². The maximum absolute atomic E-state index is 11.0. The van der Waals surface area contributed by atoms with E-state index in [1.807, 2.05) is 0 Å². The molecule has 0 bridgehead atoms. The van der Waals surface area contributed by atoms with Gasteiger partial charge in [-0.2, -0.15) is 16.8 Å². The molecule has 0 fully saturated rings. The molecule has 0 atom stereocenters. The molecule has 0 unspecified atom stereocenters. The summed E-state index contributed by atoms with van der Waals surface area (Å²) in [6.07, 6.45) is 0. The van der Waals surface area contributed by atoms with Crippen molar-refractivity contribution in [2.24, 2.45) is 0 Å². The molecule has 2 aromatic rings. The molecule has 0 aliphatic carbocycles. The average Bonchev–Trinajstić information content (AvgIpc) is 2.25. The van der Waals surface area contributed by atoms with E-state index in [4.69, 9.17) is 9.11 Å². The van der Waals surface area contributed by atoms with Crippen molar-refractivity contribution in [1.29, 1.82) is 0 Å². The Kier molecular flexibility index (Phi) is 4.87. The van der Waals surface area contributed by atoms with Gasteiger partial charge in [-0.3, -0.25) is 9.11 Å². The van der Waals surface area contributed by atoms with Gasteiger partial charge in [-0.05, 0) is 29.7 Å². The van der Waals surface area contributed by atoms with Gasteiger partial charge in [0.25, 0.3) is 20.2 Å². The summed E-state index contributed by atoms with van der Waals surface area (Å²) in [5.74, 6) is -0.438. The van der Waals surface area contributed by atoms with E-state index in [9.17, 15) is 21.9 Å². The van der Waals surface area contributed by atoms with Gasteiger partial charge in [0.05, 0.1) is 9.79 Å². The number of hydrogen-bond acceptors (Lipinski definition) is 5. The summed E-state index contributed by atoms with van der Waals surface area (Å²) < 4.78 is 61.7. The Bertz CT molecular complexity index is 867. The maximum atomic E-state index is 11.0. The Morgan fingerprint density at radius 2 is 1.30 bits per heavy atom. The minimum atomic E-state index is -4.54. The first-order valence-electron chi connectivity index (χ1n) is 4.81. The number of aromatic hydroxyl groups is 1. The van der Waals surface area contributed by atoms with Gasteiger partial charge in [-0.25, -0.2) is 0 Å². The fourth-order valence-corrected chi connectivity index (χ4v) is 2.66. The van der Waals surface area contributed by atoms with Crippen LogP contribution in [0.3, 0.4) is 0 Å². The summed E-state index contributed by atoms with van der Waals surface area (Å²) >= 11 is 0. The molecule has 0 aliphatic heterocycles. The number of hydrogen-bond donors (Lipinski definition) is 3. The van der Waals surface area contributed by atoms with Crippen LogP contribution in [0.1, 0.15) is 0 Å². The second kappa shape index (κ2) is 5.60. The molecule has 0 aromatic heterocycles. The van der Waals surface area contributed by atoms with Gasteiger partial charge >= 0.3 is 29.6 Å². The standard InChI is InChI=1S/C10H8O7S2.Na.H/c11-10-5-8(19(15,16)17)4-6-3-7(18(12,13)14)1-2-9(6)10;;/h1-5,11H,(H,12,13,14)(H,15,16,17);;. The zero-order valence-electron chi connectivity index (χ0n) is 9.18. The second-order valence-electron chi connectivity index (χ2n) is 3.78. The quantitative estimate of drug-likeness (QED) is 0.537. The van der Waals surface area contributed by atoms with Crippen LogP contribution in [-0.2, 0) is 20.2 Å². The van der Waals surface area contributed by atoms with E-state index in [1.165, 1.54) is 6.07 Å². The Morgan fingerprint density at radius 3 is 1.80 bits per heavy atom. The molecule has 0 radical (unpaired) electrons. The number of phenols is 1. The predicted octanol–water partition coefficient (Wildman–Crippen LogP) is 0.390. The topological polar surface area (TPSA) is 129 Å². The fourth-order valence-electron chi connectivity index (χ4n) is 1.61. The summed E-state index contributed by atoms with van der Waals surface area (Å²) in [5.41, 5.74) is 0. The Morgan fingerprint density at radius 1 is 0.800 bits per heavy atom. The normalized spacial score (nSPS) is 12.1. The summed E-state index contributed by atoms with van der Waals surface area (Å²) in [7, 11) is -8.99. The van der Waals surface area contributed by atoms with Crippen LogP contribution in [0.2, 0.25) is 0 Å². The van der Waals surface area contributed by atoms with Crippen LogP contribution in [-0.4, -0.2) is 60.6 Å². The summed E-state index contributed by atoms with van der Waals surface area (Å²) in [6, 6.07) is 5.08. The molecule has 0 amide bonds. The molecular weight excluding hydrogens is 319 g/mol. The Labute approximate surface area is 137 Å². The molecule has 2 rings (SSSR count). The first kappa shape index (κ1) is 17.4. The number of phenolic OH excluding ortho intramolecular Hbond substituents is 1. The van der Waals surface area contributed by atoms with Crippen molar-refractivity contribution in [3.8, 4) is 5.75 Å².